The number of anilines is 1. The Morgan fingerprint density at radius 2 is 1.52 bits per heavy atom. The molecule has 2 aromatic rings. The van der Waals surface area contributed by atoms with Crippen molar-refractivity contribution in [3.8, 4) is 5.75 Å². The Hall–Kier alpha value is -3.04. The lowest BCUT2D eigenvalue weighted by molar-refractivity contribution is 0.137. The SMILES string of the molecule is CCN1c2cc3c(cc2C(C)=CC1(C)C)C(c1ccccc1C(C)(C)C)C1C=C2C(C)=CC(C)(C)N(CC)C2C=C1O3. The molecule has 0 bridgehead atoms. The van der Waals surface area contributed by atoms with E-state index in [9.17, 15) is 0 Å². The highest BCUT2D eigenvalue weighted by Crippen LogP contribution is 2.54. The molecule has 1 aliphatic carbocycles. The first-order valence-corrected chi connectivity index (χ1v) is 16.0. The average molecular weight is 563 g/mol. The van der Waals surface area contributed by atoms with E-state index in [1.54, 1.807) is 0 Å². The Kier molecular flexibility index (Phi) is 6.74. The van der Waals surface area contributed by atoms with E-state index in [0.717, 1.165) is 24.6 Å². The number of benzene rings is 2. The minimum atomic E-state index is -0.0452. The van der Waals surface area contributed by atoms with Gasteiger partial charge in [-0.25, -0.2) is 0 Å². The third kappa shape index (κ3) is 4.42. The highest BCUT2D eigenvalue weighted by atomic mass is 16.5. The Bertz CT molecular complexity index is 1560. The van der Waals surface area contributed by atoms with Crippen molar-refractivity contribution in [2.75, 3.05) is 18.0 Å². The number of likely N-dealkylation sites (N-methyl/N-ethyl adjacent to an activating group) is 2. The molecule has 3 atom stereocenters. The van der Waals surface area contributed by atoms with Crippen LogP contribution < -0.4 is 9.64 Å². The van der Waals surface area contributed by atoms with Gasteiger partial charge in [0.1, 0.15) is 11.5 Å². The molecule has 42 heavy (non-hydrogen) atoms. The Labute approximate surface area is 254 Å². The van der Waals surface area contributed by atoms with Gasteiger partial charge in [-0.05, 0) is 100 Å². The van der Waals surface area contributed by atoms with Gasteiger partial charge < -0.3 is 9.64 Å². The standard InChI is InChI=1S/C39H50N2O/c1-12-40-32-20-34-29(18-27(32)24(3)22-38(40,8)9)36(26-16-14-15-17-31(26)37(5,6)7)30-19-28-25(4)23-39(10,11)41(13-2)33(28)21-35(30)42-34/h14-23,29,32,36H,12-13H2,1-11H3. The maximum atomic E-state index is 7.04. The van der Waals surface area contributed by atoms with Crippen LogP contribution in [0.25, 0.3) is 5.57 Å². The van der Waals surface area contributed by atoms with Crippen LogP contribution in [0.5, 0.6) is 5.75 Å². The second-order valence-electron chi connectivity index (χ2n) is 15.0. The van der Waals surface area contributed by atoms with E-state index in [-0.39, 0.29) is 34.4 Å². The zero-order valence-electron chi connectivity index (χ0n) is 27.7. The molecular weight excluding hydrogens is 512 g/mol. The molecule has 4 aliphatic rings. The van der Waals surface area contributed by atoms with Crippen LogP contribution in [0.15, 0.2) is 77.6 Å². The quantitative estimate of drug-likeness (QED) is 0.371. The van der Waals surface area contributed by atoms with Crippen molar-refractivity contribution in [3.63, 3.8) is 0 Å². The lowest BCUT2D eigenvalue weighted by Gasteiger charge is -2.49. The predicted molar refractivity (Wildman–Crippen MR) is 178 cm³/mol. The third-order valence-corrected chi connectivity index (χ3v) is 10.2. The molecular formula is C39H50N2O. The van der Waals surface area contributed by atoms with Gasteiger partial charge in [-0.15, -0.1) is 0 Å². The molecule has 6 rings (SSSR count). The number of hydrogen-bond donors (Lipinski definition) is 0. The maximum Gasteiger partial charge on any atom is 0.132 e. The highest BCUT2D eigenvalue weighted by molar-refractivity contribution is 5.83. The van der Waals surface area contributed by atoms with Crippen molar-refractivity contribution in [2.45, 2.75) is 105 Å². The molecule has 3 heterocycles. The predicted octanol–water partition coefficient (Wildman–Crippen LogP) is 9.40. The molecule has 3 nitrogen and oxygen atoms in total. The molecule has 0 fully saturated rings. The molecule has 0 amide bonds. The first-order valence-electron chi connectivity index (χ1n) is 16.0. The molecule has 0 aromatic heterocycles. The van der Waals surface area contributed by atoms with E-state index in [0.29, 0.717) is 0 Å². The molecule has 3 unspecified atom stereocenters. The monoisotopic (exact) mass is 562 g/mol. The van der Waals surface area contributed by atoms with Crippen LogP contribution in [0.2, 0.25) is 0 Å². The fourth-order valence-corrected chi connectivity index (χ4v) is 8.54. The van der Waals surface area contributed by atoms with Crippen molar-refractivity contribution in [2.24, 2.45) is 5.92 Å². The summed E-state index contributed by atoms with van der Waals surface area (Å²) in [5.41, 5.74) is 10.9. The van der Waals surface area contributed by atoms with Crippen LogP contribution in [0, 0.1) is 5.92 Å². The van der Waals surface area contributed by atoms with E-state index in [1.165, 1.54) is 44.7 Å². The van der Waals surface area contributed by atoms with E-state index in [4.69, 9.17) is 4.74 Å². The van der Waals surface area contributed by atoms with Gasteiger partial charge in [-0.2, -0.15) is 0 Å². The third-order valence-electron chi connectivity index (χ3n) is 10.2. The van der Waals surface area contributed by atoms with E-state index >= 15 is 0 Å². The minimum Gasteiger partial charge on any atom is -0.461 e. The van der Waals surface area contributed by atoms with Crippen LogP contribution >= 0.6 is 0 Å². The topological polar surface area (TPSA) is 15.7 Å². The van der Waals surface area contributed by atoms with Crippen molar-refractivity contribution in [3.05, 3.63) is 99.9 Å². The highest BCUT2D eigenvalue weighted by Gasteiger charge is 2.45. The fourth-order valence-electron chi connectivity index (χ4n) is 8.54. The summed E-state index contributed by atoms with van der Waals surface area (Å²) in [4.78, 5) is 5.13. The molecule has 3 heteroatoms. The van der Waals surface area contributed by atoms with Crippen molar-refractivity contribution >= 4 is 11.3 Å². The van der Waals surface area contributed by atoms with Crippen LogP contribution in [-0.2, 0) is 5.41 Å². The number of allylic oxidation sites excluding steroid dienone is 2. The summed E-state index contributed by atoms with van der Waals surface area (Å²) < 4.78 is 7.04. The van der Waals surface area contributed by atoms with Gasteiger partial charge in [0.2, 0.25) is 0 Å². The van der Waals surface area contributed by atoms with Gasteiger partial charge in [-0.3, -0.25) is 4.90 Å². The zero-order valence-corrected chi connectivity index (χ0v) is 27.7. The van der Waals surface area contributed by atoms with Gasteiger partial charge in [0.05, 0.1) is 11.6 Å². The van der Waals surface area contributed by atoms with Crippen LogP contribution in [0.4, 0.5) is 5.69 Å². The van der Waals surface area contributed by atoms with E-state index in [1.807, 2.05) is 0 Å². The van der Waals surface area contributed by atoms with Crippen molar-refractivity contribution in [1.82, 2.24) is 4.90 Å². The van der Waals surface area contributed by atoms with Gasteiger partial charge in [-0.1, -0.05) is 70.2 Å². The molecule has 0 radical (unpaired) electrons. The molecule has 0 spiro atoms. The van der Waals surface area contributed by atoms with Crippen LogP contribution in [0.1, 0.15) is 104 Å². The zero-order chi connectivity index (χ0) is 30.4. The number of rotatable bonds is 3. The molecule has 3 aliphatic heterocycles. The molecule has 2 aromatic carbocycles. The van der Waals surface area contributed by atoms with Crippen molar-refractivity contribution < 1.29 is 4.74 Å². The van der Waals surface area contributed by atoms with Gasteiger partial charge in [0, 0.05) is 46.8 Å². The lowest BCUT2D eigenvalue weighted by Crippen LogP contribution is -2.53. The molecule has 0 N–H and O–H groups in total. The van der Waals surface area contributed by atoms with Crippen LogP contribution in [-0.4, -0.2) is 35.1 Å². The summed E-state index contributed by atoms with van der Waals surface area (Å²) in [5.74, 6) is 2.42. The Morgan fingerprint density at radius 3 is 2.19 bits per heavy atom. The first kappa shape index (κ1) is 29.1. The molecule has 222 valence electrons. The van der Waals surface area contributed by atoms with Crippen LogP contribution in [0.3, 0.4) is 0 Å². The van der Waals surface area contributed by atoms with Gasteiger partial charge >= 0.3 is 0 Å². The normalized spacial score (nSPS) is 26.0. The number of fused-ring (bicyclic) bond motifs is 4. The first-order chi connectivity index (χ1) is 19.7. The van der Waals surface area contributed by atoms with E-state index < -0.39 is 0 Å². The summed E-state index contributed by atoms with van der Waals surface area (Å²) >= 11 is 0. The number of hydrogen-bond acceptors (Lipinski definition) is 3. The van der Waals surface area contributed by atoms with Gasteiger partial charge in [0.15, 0.2) is 0 Å². The number of ether oxygens (including phenoxy) is 1. The maximum absolute atomic E-state index is 7.04. The fraction of sp³-hybridized carbons (Fsp3) is 0.487. The lowest BCUT2D eigenvalue weighted by atomic mass is 9.68. The van der Waals surface area contributed by atoms with E-state index in [2.05, 4.69) is 147 Å². The summed E-state index contributed by atoms with van der Waals surface area (Å²) in [6, 6.07) is 14.2. The molecule has 0 saturated carbocycles. The summed E-state index contributed by atoms with van der Waals surface area (Å²) in [6.45, 7) is 27.4. The summed E-state index contributed by atoms with van der Waals surface area (Å²) in [5, 5.41) is 0. The summed E-state index contributed by atoms with van der Waals surface area (Å²) in [7, 11) is 0. The molecule has 0 saturated heterocycles. The Morgan fingerprint density at radius 1 is 0.833 bits per heavy atom. The minimum absolute atomic E-state index is 0.00824. The Balaban J connectivity index is 1.62. The smallest absolute Gasteiger partial charge is 0.132 e. The second-order valence-corrected chi connectivity index (χ2v) is 15.0. The number of nitrogens with zero attached hydrogens (tertiary/aromatic N) is 2. The second kappa shape index (κ2) is 9.74. The summed E-state index contributed by atoms with van der Waals surface area (Å²) in [6.07, 6.45) is 9.89. The largest absolute Gasteiger partial charge is 0.461 e. The van der Waals surface area contributed by atoms with Crippen molar-refractivity contribution in [1.29, 1.82) is 0 Å². The van der Waals surface area contributed by atoms with Gasteiger partial charge in [0.25, 0.3) is 0 Å². The average Bonchev–Trinajstić information content (AvgIpc) is 2.89.